The lowest BCUT2D eigenvalue weighted by atomic mass is 9.87. The van der Waals surface area contributed by atoms with Crippen LogP contribution < -0.4 is 32.7 Å². The molecule has 78 heavy (non-hydrogen) atoms. The van der Waals surface area contributed by atoms with Crippen LogP contribution in [0.15, 0.2) is 12.7 Å². The molecule has 2 aromatic rings. The van der Waals surface area contributed by atoms with Gasteiger partial charge in [0.25, 0.3) is 0 Å². The maximum absolute atomic E-state index is 12.9. The molecule has 2 fully saturated rings. The van der Waals surface area contributed by atoms with E-state index >= 15 is 0 Å². The van der Waals surface area contributed by atoms with Gasteiger partial charge in [-0.25, -0.2) is 28.6 Å². The van der Waals surface area contributed by atoms with Crippen LogP contribution in [0, 0.1) is 5.41 Å². The number of ether oxygens (including phenoxy) is 2. The van der Waals surface area contributed by atoms with Crippen LogP contribution in [0.25, 0.3) is 11.2 Å². The zero-order chi connectivity index (χ0) is 58.2. The maximum atomic E-state index is 12.9. The van der Waals surface area contributed by atoms with Crippen molar-refractivity contribution in [3.63, 3.8) is 0 Å². The van der Waals surface area contributed by atoms with Crippen LogP contribution in [0.4, 0.5) is 5.82 Å². The highest BCUT2D eigenvalue weighted by Crippen LogP contribution is 2.61. The molecule has 4 rings (SSSR count). The Hall–Kier alpha value is -3.80. The molecule has 0 aliphatic carbocycles. The van der Waals surface area contributed by atoms with Crippen molar-refractivity contribution in [2.45, 2.75) is 133 Å². The number of aromatic nitrogens is 4. The standard InChI is InChI=1S/C40H67N10O23P3S2/c1-4-5-6-7-23-25(14-29(55)70-23)78-17-22(36(58)45-15-28(53)54)49-27(52)9-8-21(41)39(60)77-13-12-43-26(51)10-11-44-37(59)33(57)40(2,3)18-69-76(66,67)73-75(64,65)68-16-24-32(72-74(61,62)63)31(56)38(71-24)50-20-48-30-34(42)46-19-47-35(30)50/h19-25,29,31-33,38,55-57H,4-18,41H2,1-3H3,(H,43,51)(H,44,59)(H,45,58)(H,49,52)(H,53,54)(H,64,65)(H,66,67)(H2,42,46,47)(H2,61,62,63). The second kappa shape index (κ2) is 30.3. The average Bonchev–Trinajstić information content (AvgIpc) is 4.04. The smallest absolute Gasteiger partial charge is 0.480 e. The number of hydrogen-bond acceptors (Lipinski definition) is 25. The molecule has 12 atom stereocenters. The van der Waals surface area contributed by atoms with Crippen LogP contribution in [-0.2, 0) is 69.8 Å². The molecule has 2 saturated heterocycles. The van der Waals surface area contributed by atoms with Gasteiger partial charge in [-0.2, -0.15) is 16.1 Å². The second-order valence-electron chi connectivity index (χ2n) is 18.3. The summed E-state index contributed by atoms with van der Waals surface area (Å²) in [5, 5.41) is 49.7. The predicted octanol–water partition coefficient (Wildman–Crippen LogP) is -1.75. The molecule has 0 bridgehead atoms. The highest BCUT2D eigenvalue weighted by Gasteiger charge is 2.50. The van der Waals surface area contributed by atoms with Crippen molar-refractivity contribution in [2.75, 3.05) is 50.1 Å². The lowest BCUT2D eigenvalue weighted by Crippen LogP contribution is -2.49. The van der Waals surface area contributed by atoms with E-state index in [2.05, 4.69) is 52.0 Å². The molecular formula is C40H67N10O23P3S2. The van der Waals surface area contributed by atoms with Gasteiger partial charge in [0.1, 0.15) is 48.8 Å². The zero-order valence-corrected chi connectivity index (χ0v) is 46.7. The fraction of sp³-hybridized carbons (Fsp3) is 0.725. The molecule has 12 unspecified atom stereocenters. The van der Waals surface area contributed by atoms with Crippen molar-refractivity contribution in [3.05, 3.63) is 12.7 Å². The first-order valence-corrected chi connectivity index (χ1v) is 30.5. The first-order chi connectivity index (χ1) is 36.4. The van der Waals surface area contributed by atoms with E-state index in [-0.39, 0.29) is 72.2 Å². The first-order valence-electron chi connectivity index (χ1n) is 24.0. The molecular weight excluding hydrogens is 1150 g/mol. The number of rotatable bonds is 34. The molecule has 0 radical (unpaired) electrons. The summed E-state index contributed by atoms with van der Waals surface area (Å²) in [4.78, 5) is 126. The first kappa shape index (κ1) is 66.7. The molecule has 0 aromatic carbocycles. The predicted molar refractivity (Wildman–Crippen MR) is 273 cm³/mol. The van der Waals surface area contributed by atoms with Crippen LogP contribution in [0.5, 0.6) is 0 Å². The molecule has 33 nitrogen and oxygen atoms in total. The van der Waals surface area contributed by atoms with Gasteiger partial charge in [-0.15, -0.1) is 0 Å². The highest BCUT2D eigenvalue weighted by molar-refractivity contribution is 8.13. The summed E-state index contributed by atoms with van der Waals surface area (Å²) in [5.74, 6) is -4.23. The molecule has 0 saturated carbocycles. The minimum absolute atomic E-state index is 0.00481. The van der Waals surface area contributed by atoms with E-state index in [9.17, 15) is 77.4 Å². The number of fused-ring (bicyclic) bond motifs is 1. The Labute approximate surface area is 454 Å². The number of thioether (sulfide) groups is 2. The monoisotopic (exact) mass is 1210 g/mol. The number of nitrogen functional groups attached to an aromatic ring is 1. The van der Waals surface area contributed by atoms with Crippen molar-refractivity contribution < 1.29 is 110 Å². The number of nitrogens with zero attached hydrogens (tertiary/aromatic N) is 4. The quantitative estimate of drug-likeness (QED) is 0.0273. The van der Waals surface area contributed by atoms with Gasteiger partial charge in [0.2, 0.25) is 28.7 Å². The van der Waals surface area contributed by atoms with E-state index in [1.54, 1.807) is 0 Å². The maximum Gasteiger partial charge on any atom is 0.481 e. The average molecular weight is 1210 g/mol. The summed E-state index contributed by atoms with van der Waals surface area (Å²) in [5.41, 5.74) is 10.1. The number of nitrogens with one attached hydrogen (secondary N) is 4. The van der Waals surface area contributed by atoms with Crippen LogP contribution in [0.2, 0.25) is 0 Å². The number of carbonyl (C=O) groups is 6. The van der Waals surface area contributed by atoms with Crippen LogP contribution in [-0.4, -0.2) is 193 Å². The van der Waals surface area contributed by atoms with E-state index in [4.69, 9.17) is 35.1 Å². The fourth-order valence-electron chi connectivity index (χ4n) is 7.47. The third kappa shape index (κ3) is 21.6. The molecule has 2 aliphatic heterocycles. The Balaban J connectivity index is 1.14. The summed E-state index contributed by atoms with van der Waals surface area (Å²) in [6.07, 6.45) is -5.08. The minimum atomic E-state index is -5.64. The minimum Gasteiger partial charge on any atom is -0.480 e. The Bertz CT molecular complexity index is 2530. The van der Waals surface area contributed by atoms with Gasteiger partial charge in [-0.3, -0.25) is 46.9 Å². The largest absolute Gasteiger partial charge is 0.481 e. The Morgan fingerprint density at radius 2 is 1.63 bits per heavy atom. The van der Waals surface area contributed by atoms with Crippen molar-refractivity contribution in [1.82, 2.24) is 40.8 Å². The van der Waals surface area contributed by atoms with Gasteiger partial charge in [0.15, 0.2) is 24.0 Å². The van der Waals surface area contributed by atoms with Crippen molar-refractivity contribution in [2.24, 2.45) is 11.1 Å². The van der Waals surface area contributed by atoms with Gasteiger partial charge in [0, 0.05) is 54.5 Å². The number of anilines is 1. The lowest BCUT2D eigenvalue weighted by molar-refractivity contribution is -0.138. The zero-order valence-electron chi connectivity index (χ0n) is 42.3. The molecule has 4 amide bonds. The number of hydrogen-bond donors (Lipinski definition) is 14. The third-order valence-corrected chi connectivity index (χ3v) is 17.1. The molecule has 16 N–H and O–H groups in total. The molecule has 38 heteroatoms. The normalized spacial score (nSPS) is 23.4. The van der Waals surface area contributed by atoms with E-state index in [1.165, 1.54) is 25.6 Å². The van der Waals surface area contributed by atoms with E-state index < -0.39 is 132 Å². The van der Waals surface area contributed by atoms with Crippen molar-refractivity contribution >= 4 is 98.7 Å². The number of unbranched alkanes of at least 4 members (excludes halogenated alkanes) is 2. The van der Waals surface area contributed by atoms with Crippen molar-refractivity contribution in [1.29, 1.82) is 0 Å². The lowest BCUT2D eigenvalue weighted by Gasteiger charge is -2.30. The third-order valence-electron chi connectivity index (χ3n) is 11.5. The SMILES string of the molecule is CCCCCC1OC(O)CC1SCC(NC(=O)CCC(N)C(=O)SCCNC(=O)CCNC(=O)C(O)C(C)(C)COP(=O)(O)OP(=O)(O)OCC1OC(n2cnc3c(N)ncnc32)C(O)C1OP(=O)(O)O)C(=O)NCC(=O)O. The molecule has 0 spiro atoms. The van der Waals surface area contributed by atoms with Gasteiger partial charge in [0.05, 0.1) is 31.7 Å². The molecule has 442 valence electrons. The summed E-state index contributed by atoms with van der Waals surface area (Å²) >= 11 is 2.09. The fourth-order valence-corrected chi connectivity index (χ4v) is 12.4. The summed E-state index contributed by atoms with van der Waals surface area (Å²) < 4.78 is 68.1. The van der Waals surface area contributed by atoms with Gasteiger partial charge < -0.3 is 82.2 Å². The number of amides is 4. The Morgan fingerprint density at radius 1 is 0.923 bits per heavy atom. The van der Waals surface area contributed by atoms with E-state index in [0.29, 0.717) is 12.8 Å². The van der Waals surface area contributed by atoms with Gasteiger partial charge in [-0.1, -0.05) is 51.8 Å². The summed E-state index contributed by atoms with van der Waals surface area (Å²) in [6, 6.07) is -2.25. The molecule has 2 aliphatic rings. The number of nitrogens with two attached hydrogens (primary N) is 2. The Morgan fingerprint density at radius 3 is 2.31 bits per heavy atom. The van der Waals surface area contributed by atoms with E-state index in [0.717, 1.165) is 48.2 Å². The summed E-state index contributed by atoms with van der Waals surface area (Å²) in [7, 11) is -16.6. The van der Waals surface area contributed by atoms with Crippen LogP contribution in [0.1, 0.15) is 78.4 Å². The van der Waals surface area contributed by atoms with Crippen LogP contribution in [0.3, 0.4) is 0 Å². The number of phosphoric acid groups is 3. The van der Waals surface area contributed by atoms with Gasteiger partial charge >= 0.3 is 29.4 Å². The molecule has 2 aromatic heterocycles. The van der Waals surface area contributed by atoms with Crippen molar-refractivity contribution in [3.8, 4) is 0 Å². The van der Waals surface area contributed by atoms with Gasteiger partial charge in [-0.05, 0) is 12.8 Å². The number of aliphatic hydroxyl groups excluding tert-OH is 3. The number of phosphoric ester groups is 3. The number of carbonyl (C=O) groups excluding carboxylic acids is 5. The van der Waals surface area contributed by atoms with E-state index in [1.807, 2.05) is 0 Å². The number of aliphatic carboxylic acids is 1. The highest BCUT2D eigenvalue weighted by atomic mass is 32.2. The number of aliphatic hydroxyl groups is 3. The second-order valence-corrected chi connectivity index (χ2v) is 25.0. The topological polar surface area (TPSA) is 515 Å². The number of imidazole rings is 1. The number of carboxylic acid groups (broad SMARTS) is 1. The van der Waals surface area contributed by atoms with Crippen LogP contribution >= 0.6 is 47.0 Å². The Kier molecular flexibility index (Phi) is 25.9. The molecule has 4 heterocycles. The number of carboxylic acids is 1. The summed E-state index contributed by atoms with van der Waals surface area (Å²) in [6.45, 7) is 1.32.